The van der Waals surface area contributed by atoms with Crippen LogP contribution in [0.15, 0.2) is 54.6 Å². The van der Waals surface area contributed by atoms with Gasteiger partial charge in [-0.25, -0.2) is 4.79 Å². The molecule has 1 aliphatic carbocycles. The largest absolute Gasteiger partial charge is 0.486 e. The highest BCUT2D eigenvalue weighted by atomic mass is 16.6. The molecule has 2 fully saturated rings. The summed E-state index contributed by atoms with van der Waals surface area (Å²) < 4.78 is 11.3. The molecule has 0 radical (unpaired) electrons. The fourth-order valence-electron chi connectivity index (χ4n) is 4.95. The van der Waals surface area contributed by atoms with Crippen molar-refractivity contribution in [3.05, 3.63) is 60.2 Å². The average Bonchev–Trinajstić information content (AvgIpc) is 3.45. The fraction of sp³-hybridized carbons (Fsp3) is 0.370. The third kappa shape index (κ3) is 4.73. The van der Waals surface area contributed by atoms with Gasteiger partial charge in [0.15, 0.2) is 11.5 Å². The van der Waals surface area contributed by atoms with Crippen molar-refractivity contribution in [3.63, 3.8) is 0 Å². The maximum Gasteiger partial charge on any atom is 0.325 e. The molecule has 2 aromatic carbocycles. The highest BCUT2D eigenvalue weighted by molar-refractivity contribution is 6.07. The number of urea groups is 1. The summed E-state index contributed by atoms with van der Waals surface area (Å²) in [7, 11) is 0. The van der Waals surface area contributed by atoms with Crippen LogP contribution in [0.5, 0.6) is 11.5 Å². The summed E-state index contributed by atoms with van der Waals surface area (Å²) in [6.45, 7) is 1.32. The van der Waals surface area contributed by atoms with Crippen molar-refractivity contribution < 1.29 is 23.9 Å². The van der Waals surface area contributed by atoms with E-state index in [0.29, 0.717) is 49.8 Å². The standard InChI is InChI=1S/C27H29N3O5/c31-24(12-16-30-25(32)27(28-26(30)33)13-4-5-14-27)29(15-6-9-20-7-2-1-3-8-20)21-10-11-22-23(19-21)35-18-17-34-22/h1-3,6-11,19H,4-5,12-18H2,(H,28,33)/b9-6+. The first-order valence-corrected chi connectivity index (χ1v) is 12.1. The van der Waals surface area contributed by atoms with E-state index in [1.54, 1.807) is 17.0 Å². The molecular weight excluding hydrogens is 446 g/mol. The van der Waals surface area contributed by atoms with Gasteiger partial charge in [0.2, 0.25) is 5.91 Å². The van der Waals surface area contributed by atoms with E-state index in [1.165, 1.54) is 4.90 Å². The number of nitrogens with zero attached hydrogens (tertiary/aromatic N) is 2. The molecule has 8 heteroatoms. The minimum absolute atomic E-state index is 0.0306. The maximum absolute atomic E-state index is 13.4. The lowest BCUT2D eigenvalue weighted by atomic mass is 9.98. The van der Waals surface area contributed by atoms with Crippen molar-refractivity contribution >= 4 is 29.6 Å². The number of nitrogens with one attached hydrogen (secondary N) is 1. The Hall–Kier alpha value is -3.81. The molecule has 1 saturated heterocycles. The Kier molecular flexibility index (Phi) is 6.44. The maximum atomic E-state index is 13.4. The predicted molar refractivity (Wildman–Crippen MR) is 131 cm³/mol. The van der Waals surface area contributed by atoms with E-state index in [9.17, 15) is 14.4 Å². The third-order valence-electron chi connectivity index (χ3n) is 6.79. The van der Waals surface area contributed by atoms with Crippen molar-refractivity contribution in [2.75, 3.05) is 31.2 Å². The van der Waals surface area contributed by atoms with Crippen molar-refractivity contribution in [1.29, 1.82) is 0 Å². The molecule has 1 saturated carbocycles. The summed E-state index contributed by atoms with van der Waals surface area (Å²) in [5.74, 6) is 0.847. The van der Waals surface area contributed by atoms with Crippen molar-refractivity contribution in [1.82, 2.24) is 10.2 Å². The third-order valence-corrected chi connectivity index (χ3v) is 6.79. The van der Waals surface area contributed by atoms with E-state index in [0.717, 1.165) is 18.4 Å². The van der Waals surface area contributed by atoms with E-state index in [4.69, 9.17) is 9.47 Å². The second kappa shape index (κ2) is 9.82. The molecule has 0 atom stereocenters. The highest BCUT2D eigenvalue weighted by Gasteiger charge is 2.52. The molecule has 2 aliphatic heterocycles. The fourth-order valence-corrected chi connectivity index (χ4v) is 4.95. The minimum atomic E-state index is -0.770. The first kappa shape index (κ1) is 23.0. The lowest BCUT2D eigenvalue weighted by Crippen LogP contribution is -2.44. The molecule has 3 aliphatic rings. The predicted octanol–water partition coefficient (Wildman–Crippen LogP) is 3.76. The van der Waals surface area contributed by atoms with Gasteiger partial charge < -0.3 is 19.7 Å². The molecular formula is C27H29N3O5. The molecule has 35 heavy (non-hydrogen) atoms. The van der Waals surface area contributed by atoms with Gasteiger partial charge in [-0.15, -0.1) is 0 Å². The molecule has 8 nitrogen and oxygen atoms in total. The van der Waals surface area contributed by atoms with E-state index < -0.39 is 11.6 Å². The van der Waals surface area contributed by atoms with E-state index >= 15 is 0 Å². The van der Waals surface area contributed by atoms with Gasteiger partial charge >= 0.3 is 6.03 Å². The summed E-state index contributed by atoms with van der Waals surface area (Å²) in [5.41, 5.74) is 0.929. The zero-order valence-electron chi connectivity index (χ0n) is 19.6. The Balaban J connectivity index is 1.32. The number of fused-ring (bicyclic) bond motifs is 1. The number of imide groups is 1. The first-order valence-electron chi connectivity index (χ1n) is 12.1. The van der Waals surface area contributed by atoms with Gasteiger partial charge in [-0.1, -0.05) is 55.3 Å². The monoisotopic (exact) mass is 475 g/mol. The number of carbonyl (C=O) groups is 3. The van der Waals surface area contributed by atoms with Crippen LogP contribution >= 0.6 is 0 Å². The van der Waals surface area contributed by atoms with Gasteiger partial charge in [0.05, 0.1) is 0 Å². The smallest absolute Gasteiger partial charge is 0.325 e. The first-order chi connectivity index (χ1) is 17.1. The Morgan fingerprint density at radius 3 is 2.54 bits per heavy atom. The second-order valence-electron chi connectivity index (χ2n) is 9.07. The number of anilines is 1. The van der Waals surface area contributed by atoms with Crippen LogP contribution in [0, 0.1) is 0 Å². The highest BCUT2D eigenvalue weighted by Crippen LogP contribution is 2.36. The molecule has 2 heterocycles. The van der Waals surface area contributed by atoms with Crippen molar-refractivity contribution in [3.8, 4) is 11.5 Å². The van der Waals surface area contributed by atoms with Crippen LogP contribution in [0.25, 0.3) is 6.08 Å². The summed E-state index contributed by atoms with van der Waals surface area (Å²) in [5, 5.41) is 2.87. The van der Waals surface area contributed by atoms with Crippen LogP contribution in [0.3, 0.4) is 0 Å². The van der Waals surface area contributed by atoms with Crippen LogP contribution in [-0.2, 0) is 9.59 Å². The van der Waals surface area contributed by atoms with Crippen LogP contribution in [0.4, 0.5) is 10.5 Å². The molecule has 182 valence electrons. The molecule has 0 unspecified atom stereocenters. The van der Waals surface area contributed by atoms with E-state index in [-0.39, 0.29) is 24.8 Å². The Labute approximate surface area is 204 Å². The summed E-state index contributed by atoms with van der Waals surface area (Å²) in [6.07, 6.45) is 7.08. The lowest BCUT2D eigenvalue weighted by Gasteiger charge is -2.25. The number of hydrogen-bond donors (Lipinski definition) is 1. The molecule has 4 amide bonds. The topological polar surface area (TPSA) is 88.2 Å². The minimum Gasteiger partial charge on any atom is -0.486 e. The Morgan fingerprint density at radius 1 is 1.03 bits per heavy atom. The van der Waals surface area contributed by atoms with Gasteiger partial charge in [0.25, 0.3) is 5.91 Å². The van der Waals surface area contributed by atoms with E-state index in [2.05, 4.69) is 5.32 Å². The van der Waals surface area contributed by atoms with Gasteiger partial charge in [-0.2, -0.15) is 0 Å². The van der Waals surface area contributed by atoms with Gasteiger partial charge in [0.1, 0.15) is 18.8 Å². The van der Waals surface area contributed by atoms with Crippen LogP contribution < -0.4 is 19.7 Å². The quantitative estimate of drug-likeness (QED) is 0.616. The number of carbonyl (C=O) groups excluding carboxylic acids is 3. The number of amides is 4. The zero-order valence-corrected chi connectivity index (χ0v) is 19.6. The summed E-state index contributed by atoms with van der Waals surface area (Å²) >= 11 is 0. The second-order valence-corrected chi connectivity index (χ2v) is 9.07. The molecule has 1 spiro atoms. The number of ether oxygens (including phenoxy) is 2. The SMILES string of the molecule is O=C1NC2(CCCC2)C(=O)N1CCC(=O)N(C/C=C/c1ccccc1)c1ccc2c(c1)OCCO2. The van der Waals surface area contributed by atoms with Crippen LogP contribution in [-0.4, -0.2) is 54.6 Å². The average molecular weight is 476 g/mol. The summed E-state index contributed by atoms with van der Waals surface area (Å²) in [4.78, 5) is 41.7. The molecule has 0 aromatic heterocycles. The van der Waals surface area contributed by atoms with Crippen LogP contribution in [0.1, 0.15) is 37.7 Å². The number of hydrogen-bond acceptors (Lipinski definition) is 5. The summed E-state index contributed by atoms with van der Waals surface area (Å²) in [6, 6.07) is 14.9. The Morgan fingerprint density at radius 2 is 1.77 bits per heavy atom. The molecule has 0 bridgehead atoms. The number of benzene rings is 2. The molecule has 5 rings (SSSR count). The molecule has 2 aromatic rings. The Bertz CT molecular complexity index is 1140. The van der Waals surface area contributed by atoms with Gasteiger partial charge in [-0.3, -0.25) is 14.5 Å². The van der Waals surface area contributed by atoms with Crippen molar-refractivity contribution in [2.45, 2.75) is 37.6 Å². The van der Waals surface area contributed by atoms with Gasteiger partial charge in [0, 0.05) is 31.3 Å². The van der Waals surface area contributed by atoms with Gasteiger partial charge in [-0.05, 0) is 30.5 Å². The molecule has 1 N–H and O–H groups in total. The normalized spacial score (nSPS) is 18.3. The number of rotatable bonds is 7. The van der Waals surface area contributed by atoms with Crippen molar-refractivity contribution in [2.24, 2.45) is 0 Å². The lowest BCUT2D eigenvalue weighted by molar-refractivity contribution is -0.131. The zero-order chi connectivity index (χ0) is 24.3. The van der Waals surface area contributed by atoms with Crippen LogP contribution in [0.2, 0.25) is 0 Å². The van der Waals surface area contributed by atoms with E-state index in [1.807, 2.05) is 48.6 Å².